The number of carbonyl (C=O) groups is 2. The number of hydrogen-bond donors (Lipinski definition) is 1. The second-order valence-electron chi connectivity index (χ2n) is 7.16. The first kappa shape index (κ1) is 20.7. The van der Waals surface area contributed by atoms with Gasteiger partial charge in [0.25, 0.3) is 0 Å². The summed E-state index contributed by atoms with van der Waals surface area (Å²) in [5.74, 6) is -0.244. The van der Waals surface area contributed by atoms with E-state index in [1.807, 2.05) is 44.2 Å². The van der Waals surface area contributed by atoms with Crippen LogP contribution in [0.4, 0.5) is 5.69 Å². The van der Waals surface area contributed by atoms with Crippen LogP contribution in [-0.2, 0) is 22.4 Å². The van der Waals surface area contributed by atoms with E-state index in [0.29, 0.717) is 6.42 Å². The quantitative estimate of drug-likeness (QED) is 0.758. The summed E-state index contributed by atoms with van der Waals surface area (Å²) >= 11 is 0. The number of nitrogens with one attached hydrogen (secondary N) is 1. The Hall–Kier alpha value is -2.62. The van der Waals surface area contributed by atoms with Crippen molar-refractivity contribution >= 4 is 17.5 Å². The number of unbranched alkanes of at least 4 members (excludes halogenated alkanes) is 1. The van der Waals surface area contributed by atoms with Gasteiger partial charge < -0.3 is 10.2 Å². The lowest BCUT2D eigenvalue weighted by atomic mass is 10.0. The summed E-state index contributed by atoms with van der Waals surface area (Å²) in [6.45, 7) is 6.14. The van der Waals surface area contributed by atoms with Gasteiger partial charge in [0.1, 0.15) is 0 Å². The molecule has 0 bridgehead atoms. The zero-order chi connectivity index (χ0) is 19.8. The molecule has 2 amide bonds. The molecule has 4 heteroatoms. The fourth-order valence-electron chi connectivity index (χ4n) is 3.01. The normalized spacial score (nSPS) is 10.5. The molecule has 27 heavy (non-hydrogen) atoms. The van der Waals surface area contributed by atoms with Crippen molar-refractivity contribution in [2.75, 3.05) is 18.9 Å². The number of para-hydroxylation sites is 1. The van der Waals surface area contributed by atoms with Gasteiger partial charge in [-0.15, -0.1) is 0 Å². The second kappa shape index (κ2) is 9.91. The molecule has 0 aliphatic heterocycles. The number of amides is 2. The van der Waals surface area contributed by atoms with E-state index in [4.69, 9.17) is 0 Å². The average Bonchev–Trinajstić information content (AvgIpc) is 2.64. The van der Waals surface area contributed by atoms with Crippen LogP contribution >= 0.6 is 0 Å². The highest BCUT2D eigenvalue weighted by atomic mass is 16.2. The van der Waals surface area contributed by atoms with Crippen LogP contribution in [0.3, 0.4) is 0 Å². The van der Waals surface area contributed by atoms with Gasteiger partial charge in [-0.1, -0.05) is 55.8 Å². The Balaban J connectivity index is 1.88. The molecule has 0 spiro atoms. The van der Waals surface area contributed by atoms with E-state index in [2.05, 4.69) is 24.4 Å². The van der Waals surface area contributed by atoms with Crippen molar-refractivity contribution in [1.82, 2.24) is 4.90 Å². The molecule has 0 radical (unpaired) electrons. The Morgan fingerprint density at radius 1 is 0.963 bits per heavy atom. The predicted octanol–water partition coefficient (Wildman–Crippen LogP) is 4.29. The Labute approximate surface area is 162 Å². The monoisotopic (exact) mass is 366 g/mol. The summed E-state index contributed by atoms with van der Waals surface area (Å²) in [4.78, 5) is 26.2. The van der Waals surface area contributed by atoms with Crippen LogP contribution in [0.25, 0.3) is 0 Å². The van der Waals surface area contributed by atoms with Crippen LogP contribution < -0.4 is 5.32 Å². The summed E-state index contributed by atoms with van der Waals surface area (Å²) < 4.78 is 0. The molecule has 0 aliphatic carbocycles. The van der Waals surface area contributed by atoms with Gasteiger partial charge in [-0.3, -0.25) is 9.59 Å². The zero-order valence-electron chi connectivity index (χ0n) is 16.8. The van der Waals surface area contributed by atoms with Crippen LogP contribution in [0.2, 0.25) is 0 Å². The molecular formula is C23H30N2O2. The van der Waals surface area contributed by atoms with Gasteiger partial charge >= 0.3 is 0 Å². The summed E-state index contributed by atoms with van der Waals surface area (Å²) in [5.41, 5.74) is 5.13. The molecule has 2 aromatic carbocycles. The number of anilines is 1. The lowest BCUT2D eigenvalue weighted by Crippen LogP contribution is -2.36. The zero-order valence-corrected chi connectivity index (χ0v) is 16.8. The van der Waals surface area contributed by atoms with Gasteiger partial charge in [0.2, 0.25) is 11.8 Å². The van der Waals surface area contributed by atoms with Gasteiger partial charge in [-0.05, 0) is 48.9 Å². The SMILES string of the molecule is CCCCc1ccc(CC(=O)N(C)CC(=O)Nc2c(C)cccc2C)cc1. The summed E-state index contributed by atoms with van der Waals surface area (Å²) in [5, 5.41) is 2.92. The fourth-order valence-corrected chi connectivity index (χ4v) is 3.01. The highest BCUT2D eigenvalue weighted by Gasteiger charge is 2.15. The number of rotatable bonds is 8. The largest absolute Gasteiger partial charge is 0.336 e. The Morgan fingerprint density at radius 2 is 1.56 bits per heavy atom. The van der Waals surface area contributed by atoms with E-state index in [1.54, 1.807) is 7.05 Å². The molecule has 0 unspecified atom stereocenters. The van der Waals surface area contributed by atoms with Crippen molar-refractivity contribution < 1.29 is 9.59 Å². The third kappa shape index (κ3) is 6.24. The molecule has 0 atom stereocenters. The maximum atomic E-state index is 12.4. The third-order valence-corrected chi connectivity index (χ3v) is 4.75. The van der Waals surface area contributed by atoms with E-state index in [1.165, 1.54) is 23.3 Å². The van der Waals surface area contributed by atoms with E-state index in [0.717, 1.165) is 28.8 Å². The Kier molecular flexibility index (Phi) is 7.59. The minimum absolute atomic E-state index is 0.0428. The molecule has 144 valence electrons. The van der Waals surface area contributed by atoms with Crippen LogP contribution in [0.5, 0.6) is 0 Å². The fraction of sp³-hybridized carbons (Fsp3) is 0.391. The van der Waals surface area contributed by atoms with Gasteiger partial charge in [0.15, 0.2) is 0 Å². The average molecular weight is 367 g/mol. The molecule has 0 aromatic heterocycles. The summed E-state index contributed by atoms with van der Waals surface area (Å²) in [6.07, 6.45) is 3.73. The number of hydrogen-bond acceptors (Lipinski definition) is 2. The summed E-state index contributed by atoms with van der Waals surface area (Å²) in [6, 6.07) is 14.1. The second-order valence-corrected chi connectivity index (χ2v) is 7.16. The molecule has 0 fully saturated rings. The molecule has 0 heterocycles. The minimum atomic E-state index is -0.182. The van der Waals surface area contributed by atoms with E-state index >= 15 is 0 Å². The van der Waals surface area contributed by atoms with Gasteiger partial charge in [0.05, 0.1) is 13.0 Å². The smallest absolute Gasteiger partial charge is 0.243 e. The van der Waals surface area contributed by atoms with E-state index < -0.39 is 0 Å². The van der Waals surface area contributed by atoms with Crippen LogP contribution in [0.1, 0.15) is 42.0 Å². The predicted molar refractivity (Wildman–Crippen MR) is 111 cm³/mol. The van der Waals surface area contributed by atoms with Crippen molar-refractivity contribution in [3.63, 3.8) is 0 Å². The van der Waals surface area contributed by atoms with Crippen LogP contribution in [0.15, 0.2) is 42.5 Å². The molecule has 2 aromatic rings. The molecular weight excluding hydrogens is 336 g/mol. The first-order chi connectivity index (χ1) is 12.9. The van der Waals surface area contributed by atoms with Gasteiger partial charge in [-0.25, -0.2) is 0 Å². The molecule has 0 saturated carbocycles. The number of carbonyl (C=O) groups excluding carboxylic acids is 2. The van der Waals surface area contributed by atoms with Crippen molar-refractivity contribution in [1.29, 1.82) is 0 Å². The lowest BCUT2D eigenvalue weighted by Gasteiger charge is -2.18. The lowest BCUT2D eigenvalue weighted by molar-refractivity contribution is -0.132. The maximum Gasteiger partial charge on any atom is 0.243 e. The van der Waals surface area contributed by atoms with Crippen LogP contribution in [0, 0.1) is 13.8 Å². The Bertz CT molecular complexity index is 761. The topological polar surface area (TPSA) is 49.4 Å². The number of likely N-dealkylation sites (N-methyl/N-ethyl adjacent to an activating group) is 1. The number of aryl methyl sites for hydroxylation is 3. The molecule has 0 saturated heterocycles. The molecule has 4 nitrogen and oxygen atoms in total. The first-order valence-corrected chi connectivity index (χ1v) is 9.58. The van der Waals surface area contributed by atoms with Crippen molar-refractivity contribution in [2.24, 2.45) is 0 Å². The minimum Gasteiger partial charge on any atom is -0.336 e. The third-order valence-electron chi connectivity index (χ3n) is 4.75. The van der Waals surface area contributed by atoms with Gasteiger partial charge in [0, 0.05) is 12.7 Å². The highest BCUT2D eigenvalue weighted by molar-refractivity contribution is 5.95. The number of benzene rings is 2. The molecule has 2 rings (SSSR count). The summed E-state index contributed by atoms with van der Waals surface area (Å²) in [7, 11) is 1.67. The van der Waals surface area contributed by atoms with E-state index in [9.17, 15) is 9.59 Å². The molecule has 1 N–H and O–H groups in total. The standard InChI is InChI=1S/C23H30N2O2/c1-5-6-10-19-11-13-20(14-12-19)15-22(27)25(4)16-21(26)24-23-17(2)8-7-9-18(23)3/h7-9,11-14H,5-6,10,15-16H2,1-4H3,(H,24,26). The van der Waals surface area contributed by atoms with E-state index in [-0.39, 0.29) is 18.4 Å². The van der Waals surface area contributed by atoms with Crippen LogP contribution in [-0.4, -0.2) is 30.3 Å². The highest BCUT2D eigenvalue weighted by Crippen LogP contribution is 2.19. The maximum absolute atomic E-state index is 12.4. The van der Waals surface area contributed by atoms with Gasteiger partial charge in [-0.2, -0.15) is 0 Å². The van der Waals surface area contributed by atoms with Crippen molar-refractivity contribution in [3.8, 4) is 0 Å². The first-order valence-electron chi connectivity index (χ1n) is 9.58. The van der Waals surface area contributed by atoms with Crippen molar-refractivity contribution in [3.05, 3.63) is 64.7 Å². The number of nitrogens with zero attached hydrogens (tertiary/aromatic N) is 1. The Morgan fingerprint density at radius 3 is 2.15 bits per heavy atom. The molecule has 0 aliphatic rings. The van der Waals surface area contributed by atoms with Crippen molar-refractivity contribution in [2.45, 2.75) is 46.5 Å².